The number of benzene rings is 1. The number of likely N-dealkylation sites (N-methyl/N-ethyl adjacent to an activating group) is 1. The van der Waals surface area contributed by atoms with Crippen LogP contribution >= 0.6 is 0 Å². The molecule has 0 aliphatic rings. The highest BCUT2D eigenvalue weighted by atomic mass is 16.2. The highest BCUT2D eigenvalue weighted by molar-refractivity contribution is 6.03. The van der Waals surface area contributed by atoms with Crippen LogP contribution < -0.4 is 5.32 Å². The van der Waals surface area contributed by atoms with Gasteiger partial charge >= 0.3 is 0 Å². The molecule has 118 valence electrons. The first-order valence-corrected chi connectivity index (χ1v) is 7.28. The van der Waals surface area contributed by atoms with E-state index in [1.165, 1.54) is 0 Å². The van der Waals surface area contributed by atoms with E-state index in [0.717, 1.165) is 10.9 Å². The number of fused-ring (bicyclic) bond motifs is 1. The third-order valence-corrected chi connectivity index (χ3v) is 3.68. The van der Waals surface area contributed by atoms with Crippen LogP contribution in [0.4, 0.5) is 5.69 Å². The molecule has 0 aliphatic carbocycles. The van der Waals surface area contributed by atoms with Gasteiger partial charge in [-0.2, -0.15) is 0 Å². The molecule has 0 aliphatic heterocycles. The number of anilines is 1. The molecule has 0 unspecified atom stereocenters. The molecule has 0 atom stereocenters. The Morgan fingerprint density at radius 1 is 1.22 bits per heavy atom. The van der Waals surface area contributed by atoms with Crippen LogP contribution in [0.2, 0.25) is 0 Å². The first-order chi connectivity index (χ1) is 11.0. The van der Waals surface area contributed by atoms with Gasteiger partial charge in [0.05, 0.1) is 0 Å². The zero-order chi connectivity index (χ0) is 16.4. The standard InChI is InChI=1S/C17H18N4O2/c1-20(2)16(22)11-21-9-7-12-10-13(5-6-15(12)21)19-17(23)14-4-3-8-18-14/h3-10,18H,11H2,1-2H3,(H,19,23). The molecule has 6 heteroatoms. The normalized spacial score (nSPS) is 10.7. The Balaban J connectivity index is 1.81. The lowest BCUT2D eigenvalue weighted by Gasteiger charge is -2.12. The number of aromatic amines is 1. The van der Waals surface area contributed by atoms with Gasteiger partial charge in [0.1, 0.15) is 12.2 Å². The van der Waals surface area contributed by atoms with Crippen molar-refractivity contribution in [2.24, 2.45) is 0 Å². The Morgan fingerprint density at radius 2 is 2.04 bits per heavy atom. The van der Waals surface area contributed by atoms with Gasteiger partial charge in [0, 0.05) is 43.1 Å². The van der Waals surface area contributed by atoms with Gasteiger partial charge in [0.25, 0.3) is 5.91 Å². The smallest absolute Gasteiger partial charge is 0.272 e. The molecule has 2 heterocycles. The maximum Gasteiger partial charge on any atom is 0.272 e. The molecule has 6 nitrogen and oxygen atoms in total. The van der Waals surface area contributed by atoms with Gasteiger partial charge in [-0.1, -0.05) is 0 Å². The van der Waals surface area contributed by atoms with Gasteiger partial charge < -0.3 is 19.8 Å². The Bertz CT molecular complexity index is 847. The van der Waals surface area contributed by atoms with Crippen molar-refractivity contribution in [1.29, 1.82) is 0 Å². The van der Waals surface area contributed by atoms with E-state index in [1.54, 1.807) is 37.3 Å². The van der Waals surface area contributed by atoms with E-state index in [9.17, 15) is 9.59 Å². The molecule has 0 spiro atoms. The van der Waals surface area contributed by atoms with Gasteiger partial charge in [0.15, 0.2) is 0 Å². The van der Waals surface area contributed by atoms with Crippen molar-refractivity contribution in [3.8, 4) is 0 Å². The van der Waals surface area contributed by atoms with Gasteiger partial charge in [-0.05, 0) is 36.4 Å². The Labute approximate surface area is 133 Å². The second-order valence-electron chi connectivity index (χ2n) is 5.54. The molecule has 23 heavy (non-hydrogen) atoms. The maximum absolute atomic E-state index is 12.0. The van der Waals surface area contributed by atoms with Crippen LogP contribution in [0, 0.1) is 0 Å². The van der Waals surface area contributed by atoms with Crippen molar-refractivity contribution in [3.63, 3.8) is 0 Å². The van der Waals surface area contributed by atoms with Gasteiger partial charge in [-0.3, -0.25) is 9.59 Å². The van der Waals surface area contributed by atoms with Crippen LogP contribution in [0.1, 0.15) is 10.5 Å². The Morgan fingerprint density at radius 3 is 2.74 bits per heavy atom. The summed E-state index contributed by atoms with van der Waals surface area (Å²) in [5, 5.41) is 3.82. The summed E-state index contributed by atoms with van der Waals surface area (Å²) in [5.74, 6) is -0.150. The second-order valence-corrected chi connectivity index (χ2v) is 5.54. The van der Waals surface area contributed by atoms with Crippen LogP contribution in [-0.2, 0) is 11.3 Å². The molecule has 1 aromatic carbocycles. The van der Waals surface area contributed by atoms with Crippen molar-refractivity contribution in [3.05, 3.63) is 54.5 Å². The Kier molecular flexibility index (Phi) is 3.89. The first-order valence-electron chi connectivity index (χ1n) is 7.28. The molecule has 0 radical (unpaired) electrons. The summed E-state index contributed by atoms with van der Waals surface area (Å²) in [7, 11) is 3.48. The quantitative estimate of drug-likeness (QED) is 0.776. The predicted octanol–water partition coefficient (Wildman–Crippen LogP) is 2.31. The number of H-pyrrole nitrogens is 1. The lowest BCUT2D eigenvalue weighted by atomic mass is 10.2. The van der Waals surface area contributed by atoms with E-state index < -0.39 is 0 Å². The number of amides is 2. The average molecular weight is 310 g/mol. The highest BCUT2D eigenvalue weighted by Gasteiger charge is 2.10. The molecular formula is C17H18N4O2. The summed E-state index contributed by atoms with van der Waals surface area (Å²) in [6.07, 6.45) is 3.59. The zero-order valence-electron chi connectivity index (χ0n) is 13.0. The van der Waals surface area contributed by atoms with E-state index >= 15 is 0 Å². The van der Waals surface area contributed by atoms with Crippen LogP contribution in [0.25, 0.3) is 10.9 Å². The number of nitrogens with one attached hydrogen (secondary N) is 2. The molecule has 3 aromatic rings. The maximum atomic E-state index is 12.0. The van der Waals surface area contributed by atoms with Crippen molar-refractivity contribution in [2.75, 3.05) is 19.4 Å². The van der Waals surface area contributed by atoms with E-state index in [1.807, 2.05) is 35.0 Å². The second kappa shape index (κ2) is 6.00. The topological polar surface area (TPSA) is 70.1 Å². The molecule has 0 fully saturated rings. The fraction of sp³-hybridized carbons (Fsp3) is 0.176. The van der Waals surface area contributed by atoms with E-state index in [4.69, 9.17) is 0 Å². The van der Waals surface area contributed by atoms with Gasteiger partial charge in [-0.15, -0.1) is 0 Å². The van der Waals surface area contributed by atoms with E-state index in [0.29, 0.717) is 17.9 Å². The number of aromatic nitrogens is 2. The molecule has 2 aromatic heterocycles. The molecule has 0 bridgehead atoms. The van der Waals surface area contributed by atoms with Crippen LogP contribution in [0.15, 0.2) is 48.8 Å². The monoisotopic (exact) mass is 310 g/mol. The minimum Gasteiger partial charge on any atom is -0.357 e. The Hall–Kier alpha value is -3.02. The van der Waals surface area contributed by atoms with E-state index in [2.05, 4.69) is 10.3 Å². The molecule has 0 saturated heterocycles. The minimum absolute atomic E-state index is 0.0339. The number of nitrogens with zero attached hydrogens (tertiary/aromatic N) is 2. The summed E-state index contributed by atoms with van der Waals surface area (Å²) in [6, 6.07) is 11.1. The van der Waals surface area contributed by atoms with Gasteiger partial charge in [-0.25, -0.2) is 0 Å². The summed E-state index contributed by atoms with van der Waals surface area (Å²) in [5.41, 5.74) is 2.19. The van der Waals surface area contributed by atoms with Crippen LogP contribution in [0.3, 0.4) is 0 Å². The fourth-order valence-corrected chi connectivity index (χ4v) is 2.37. The molecular weight excluding hydrogens is 292 g/mol. The summed E-state index contributed by atoms with van der Waals surface area (Å²) in [4.78, 5) is 28.3. The molecule has 3 rings (SSSR count). The minimum atomic E-state index is -0.184. The number of rotatable bonds is 4. The SMILES string of the molecule is CN(C)C(=O)Cn1ccc2cc(NC(=O)c3ccc[nH]3)ccc21. The summed E-state index contributed by atoms with van der Waals surface area (Å²) in [6.45, 7) is 0.296. The van der Waals surface area contributed by atoms with Crippen molar-refractivity contribution < 1.29 is 9.59 Å². The third-order valence-electron chi connectivity index (χ3n) is 3.68. The van der Waals surface area contributed by atoms with Crippen molar-refractivity contribution in [1.82, 2.24) is 14.5 Å². The molecule has 2 amide bonds. The number of carbonyl (C=O) groups is 2. The van der Waals surface area contributed by atoms with Crippen LogP contribution in [0.5, 0.6) is 0 Å². The largest absolute Gasteiger partial charge is 0.357 e. The number of hydrogen-bond acceptors (Lipinski definition) is 2. The lowest BCUT2D eigenvalue weighted by molar-refractivity contribution is -0.129. The van der Waals surface area contributed by atoms with Crippen molar-refractivity contribution >= 4 is 28.4 Å². The lowest BCUT2D eigenvalue weighted by Crippen LogP contribution is -2.25. The molecule has 2 N–H and O–H groups in total. The zero-order valence-corrected chi connectivity index (χ0v) is 13.0. The summed E-state index contributed by atoms with van der Waals surface area (Å²) >= 11 is 0. The van der Waals surface area contributed by atoms with E-state index in [-0.39, 0.29) is 11.8 Å². The number of carbonyl (C=O) groups excluding carboxylic acids is 2. The van der Waals surface area contributed by atoms with Crippen molar-refractivity contribution in [2.45, 2.75) is 6.54 Å². The van der Waals surface area contributed by atoms with Crippen LogP contribution in [-0.4, -0.2) is 40.4 Å². The first kappa shape index (κ1) is 14.9. The predicted molar refractivity (Wildman–Crippen MR) is 89.4 cm³/mol. The van der Waals surface area contributed by atoms with Gasteiger partial charge in [0.2, 0.25) is 5.91 Å². The summed E-state index contributed by atoms with van der Waals surface area (Å²) < 4.78 is 1.90. The fourth-order valence-electron chi connectivity index (χ4n) is 2.37. The average Bonchev–Trinajstić information content (AvgIpc) is 3.17. The molecule has 0 saturated carbocycles. The highest BCUT2D eigenvalue weighted by Crippen LogP contribution is 2.21. The third kappa shape index (κ3) is 3.11. The number of hydrogen-bond donors (Lipinski definition) is 2.